The molecular formula is C23H19BO3S2. The highest BCUT2D eigenvalue weighted by Crippen LogP contribution is 2.51. The second-order valence-corrected chi connectivity index (χ2v) is 9.32. The van der Waals surface area contributed by atoms with Gasteiger partial charge in [0.1, 0.15) is 17.2 Å². The third kappa shape index (κ3) is 2.93. The summed E-state index contributed by atoms with van der Waals surface area (Å²) in [4.78, 5) is 2.44. The SMILES string of the molecule is COc1cccc2c1SB(c1c3c(OC)cccc3cc3cccc(OC)c13)S2. The lowest BCUT2D eigenvalue weighted by molar-refractivity contribution is 0.403. The molecule has 0 saturated carbocycles. The Morgan fingerprint density at radius 2 is 1.21 bits per heavy atom. The van der Waals surface area contributed by atoms with E-state index in [1.165, 1.54) is 26.0 Å². The van der Waals surface area contributed by atoms with Gasteiger partial charge in [0, 0.05) is 15.7 Å². The molecule has 4 aromatic rings. The molecule has 0 aliphatic carbocycles. The normalized spacial score (nSPS) is 13.0. The number of rotatable bonds is 4. The van der Waals surface area contributed by atoms with Crippen LogP contribution in [0.1, 0.15) is 0 Å². The van der Waals surface area contributed by atoms with Crippen LogP contribution in [0.2, 0.25) is 0 Å². The summed E-state index contributed by atoms with van der Waals surface area (Å²) in [6, 6.07) is 20.9. The third-order valence-electron chi connectivity index (χ3n) is 5.26. The van der Waals surface area contributed by atoms with E-state index in [2.05, 4.69) is 30.3 Å². The lowest BCUT2D eigenvalue weighted by Gasteiger charge is -2.18. The van der Waals surface area contributed by atoms with Gasteiger partial charge in [-0.25, -0.2) is 0 Å². The highest BCUT2D eigenvalue weighted by molar-refractivity contribution is 8.57. The average Bonchev–Trinajstić information content (AvgIpc) is 3.20. The Balaban J connectivity index is 1.83. The fourth-order valence-corrected chi connectivity index (χ4v) is 7.06. The van der Waals surface area contributed by atoms with Crippen molar-refractivity contribution in [3.63, 3.8) is 0 Å². The van der Waals surface area contributed by atoms with Crippen LogP contribution >= 0.6 is 23.2 Å². The van der Waals surface area contributed by atoms with Gasteiger partial charge >= 0.3 is 5.27 Å². The zero-order valence-electron chi connectivity index (χ0n) is 16.4. The van der Waals surface area contributed by atoms with Gasteiger partial charge in [0.25, 0.3) is 0 Å². The molecule has 0 spiro atoms. The molecule has 29 heavy (non-hydrogen) atoms. The molecular weight excluding hydrogens is 399 g/mol. The Labute approximate surface area is 178 Å². The van der Waals surface area contributed by atoms with E-state index in [0.29, 0.717) is 0 Å². The monoisotopic (exact) mass is 418 g/mol. The van der Waals surface area contributed by atoms with E-state index in [9.17, 15) is 0 Å². The predicted molar refractivity (Wildman–Crippen MR) is 125 cm³/mol. The van der Waals surface area contributed by atoms with Crippen LogP contribution in [0.5, 0.6) is 17.2 Å². The van der Waals surface area contributed by atoms with Crippen LogP contribution in [-0.2, 0) is 0 Å². The molecule has 0 radical (unpaired) electrons. The zero-order valence-corrected chi connectivity index (χ0v) is 18.0. The van der Waals surface area contributed by atoms with Crippen LogP contribution in [0.4, 0.5) is 0 Å². The third-order valence-corrected chi connectivity index (χ3v) is 8.12. The lowest BCUT2D eigenvalue weighted by Crippen LogP contribution is -2.24. The van der Waals surface area contributed by atoms with Crippen LogP contribution in [0, 0.1) is 0 Å². The number of methoxy groups -OCH3 is 3. The quantitative estimate of drug-likeness (QED) is 0.317. The Bertz CT molecular complexity index is 1180. The second kappa shape index (κ2) is 7.43. The topological polar surface area (TPSA) is 27.7 Å². The predicted octanol–water partition coefficient (Wildman–Crippen LogP) is 5.61. The fraction of sp³-hybridized carbons (Fsp3) is 0.130. The first-order chi connectivity index (χ1) is 14.2. The van der Waals surface area contributed by atoms with E-state index in [4.69, 9.17) is 14.2 Å². The number of fused-ring (bicyclic) bond motifs is 3. The van der Waals surface area contributed by atoms with Crippen LogP contribution in [0.3, 0.4) is 0 Å². The maximum Gasteiger partial charge on any atom is 0.319 e. The standard InChI is InChI=1S/C23H19BO3S2/c1-25-16-9-4-7-14-13-15-8-5-10-17(26-2)21(15)22(20(14)16)24-28-19-12-6-11-18(27-3)23(19)29-24/h4-13H,1-3H3. The van der Waals surface area contributed by atoms with Crippen molar-refractivity contribution in [1.29, 1.82) is 0 Å². The molecule has 0 bridgehead atoms. The Morgan fingerprint density at radius 1 is 0.655 bits per heavy atom. The van der Waals surface area contributed by atoms with Gasteiger partial charge in [-0.2, -0.15) is 11.6 Å². The fourth-order valence-electron chi connectivity index (χ4n) is 4.01. The van der Waals surface area contributed by atoms with E-state index in [1.807, 2.05) is 53.6 Å². The molecule has 0 unspecified atom stereocenters. The molecule has 0 fully saturated rings. The summed E-state index contributed by atoms with van der Waals surface area (Å²) in [5, 5.41) is 4.79. The van der Waals surface area contributed by atoms with Crippen LogP contribution in [-0.4, -0.2) is 26.6 Å². The summed E-state index contributed by atoms with van der Waals surface area (Å²) in [5.74, 6) is 2.69. The largest absolute Gasteiger partial charge is 0.496 e. The molecule has 1 aliphatic rings. The van der Waals surface area contributed by atoms with Crippen molar-refractivity contribution >= 4 is 55.5 Å². The minimum absolute atomic E-state index is 0.167. The van der Waals surface area contributed by atoms with Crippen molar-refractivity contribution in [2.75, 3.05) is 21.3 Å². The van der Waals surface area contributed by atoms with Gasteiger partial charge in [-0.3, -0.25) is 0 Å². The summed E-state index contributed by atoms with van der Waals surface area (Å²) in [5.41, 5.74) is 1.24. The van der Waals surface area contributed by atoms with Crippen molar-refractivity contribution < 1.29 is 14.2 Å². The first-order valence-corrected chi connectivity index (χ1v) is 11.1. The van der Waals surface area contributed by atoms with Gasteiger partial charge in [0.15, 0.2) is 0 Å². The van der Waals surface area contributed by atoms with Gasteiger partial charge < -0.3 is 14.2 Å². The molecule has 1 aliphatic heterocycles. The van der Waals surface area contributed by atoms with Crippen molar-refractivity contribution in [3.8, 4) is 17.2 Å². The number of hydrogen-bond donors (Lipinski definition) is 0. The second-order valence-electron chi connectivity index (χ2n) is 6.76. The highest BCUT2D eigenvalue weighted by atomic mass is 32.2. The number of hydrogen-bond acceptors (Lipinski definition) is 5. The maximum atomic E-state index is 5.79. The molecule has 4 aromatic carbocycles. The van der Waals surface area contributed by atoms with Gasteiger partial charge in [0.2, 0.25) is 0 Å². The summed E-state index contributed by atoms with van der Waals surface area (Å²) >= 11 is 3.69. The van der Waals surface area contributed by atoms with Crippen molar-refractivity contribution in [2.24, 2.45) is 0 Å². The Morgan fingerprint density at radius 3 is 1.79 bits per heavy atom. The maximum absolute atomic E-state index is 5.79. The number of ether oxygens (including phenoxy) is 3. The van der Waals surface area contributed by atoms with Crippen molar-refractivity contribution in [3.05, 3.63) is 60.7 Å². The molecule has 0 saturated heterocycles. The molecule has 0 amide bonds. The van der Waals surface area contributed by atoms with Gasteiger partial charge in [-0.05, 0) is 46.6 Å². The molecule has 6 heteroatoms. The minimum Gasteiger partial charge on any atom is -0.496 e. The summed E-state index contributed by atoms with van der Waals surface area (Å²) in [6.07, 6.45) is 0. The van der Waals surface area contributed by atoms with Crippen LogP contribution in [0.25, 0.3) is 21.5 Å². The van der Waals surface area contributed by atoms with Gasteiger partial charge in [-0.1, -0.05) is 30.3 Å². The van der Waals surface area contributed by atoms with Crippen LogP contribution in [0.15, 0.2) is 70.5 Å². The molecule has 0 N–H and O–H groups in total. The van der Waals surface area contributed by atoms with E-state index < -0.39 is 0 Å². The van der Waals surface area contributed by atoms with Gasteiger partial charge in [0.05, 0.1) is 26.2 Å². The first-order valence-electron chi connectivity index (χ1n) is 9.31. The van der Waals surface area contributed by atoms with Gasteiger partial charge in [-0.15, -0.1) is 11.6 Å². The Hall–Kier alpha value is -2.44. The number of benzene rings is 4. The summed E-state index contributed by atoms with van der Waals surface area (Å²) < 4.78 is 17.2. The molecule has 0 aromatic heterocycles. The lowest BCUT2D eigenvalue weighted by atomic mass is 9.81. The smallest absolute Gasteiger partial charge is 0.319 e. The summed E-state index contributed by atoms with van der Waals surface area (Å²) in [6.45, 7) is 0. The minimum atomic E-state index is 0.167. The average molecular weight is 418 g/mol. The first kappa shape index (κ1) is 18.6. The highest BCUT2D eigenvalue weighted by Gasteiger charge is 2.35. The molecule has 3 nitrogen and oxygen atoms in total. The van der Waals surface area contributed by atoms with E-state index in [-0.39, 0.29) is 5.27 Å². The Kier molecular flexibility index (Phi) is 4.76. The zero-order chi connectivity index (χ0) is 20.0. The van der Waals surface area contributed by atoms with E-state index in [0.717, 1.165) is 28.0 Å². The van der Waals surface area contributed by atoms with Crippen molar-refractivity contribution in [2.45, 2.75) is 9.79 Å². The molecule has 5 rings (SSSR count). The molecule has 0 atom stereocenters. The van der Waals surface area contributed by atoms with E-state index >= 15 is 0 Å². The molecule has 1 heterocycles. The summed E-state index contributed by atoms with van der Waals surface area (Å²) in [7, 11) is 5.20. The van der Waals surface area contributed by atoms with Crippen molar-refractivity contribution in [1.82, 2.24) is 0 Å². The van der Waals surface area contributed by atoms with Crippen LogP contribution < -0.4 is 19.7 Å². The van der Waals surface area contributed by atoms with E-state index in [1.54, 1.807) is 21.3 Å². The molecule has 144 valence electrons.